The van der Waals surface area contributed by atoms with E-state index < -0.39 is 30.6 Å². The lowest BCUT2D eigenvalue weighted by atomic mass is 9.43. The van der Waals surface area contributed by atoms with Crippen molar-refractivity contribution in [1.82, 2.24) is 30.2 Å². The number of nitrogens with one attached hydrogen (secondary N) is 2. The summed E-state index contributed by atoms with van der Waals surface area (Å²) in [5, 5.41) is 6.10. The Kier molecular flexibility index (Phi) is 8.13. The fourth-order valence-electron chi connectivity index (χ4n) is 7.44. The van der Waals surface area contributed by atoms with Gasteiger partial charge in [-0.1, -0.05) is 44.2 Å². The van der Waals surface area contributed by atoms with E-state index in [9.17, 15) is 9.59 Å². The van der Waals surface area contributed by atoms with Gasteiger partial charge in [0.15, 0.2) is 0 Å². The molecule has 2 N–H and O–H groups in total. The quantitative estimate of drug-likeness (QED) is 0.332. The van der Waals surface area contributed by atoms with Crippen LogP contribution >= 0.6 is 0 Å². The highest BCUT2D eigenvalue weighted by molar-refractivity contribution is 6.47. The summed E-state index contributed by atoms with van der Waals surface area (Å²) in [5.74, 6) is 0.531. The molecule has 6 atom stereocenters. The zero-order chi connectivity index (χ0) is 30.2. The predicted molar refractivity (Wildman–Crippen MR) is 162 cm³/mol. The summed E-state index contributed by atoms with van der Waals surface area (Å²) in [5.41, 5.74) is 1.21. The van der Waals surface area contributed by atoms with Gasteiger partial charge >= 0.3 is 7.12 Å². The average molecular weight is 585 g/mol. The number of carbonyl (C=O) groups excluding carboxylic acids is 2. The maximum absolute atomic E-state index is 14.0. The van der Waals surface area contributed by atoms with Crippen LogP contribution in [0.3, 0.4) is 0 Å². The van der Waals surface area contributed by atoms with E-state index in [0.29, 0.717) is 24.1 Å². The zero-order valence-electron chi connectivity index (χ0n) is 25.4. The van der Waals surface area contributed by atoms with E-state index in [0.717, 1.165) is 25.7 Å². The highest BCUT2D eigenvalue weighted by Crippen LogP contribution is 2.65. The van der Waals surface area contributed by atoms with Crippen LogP contribution in [0, 0.1) is 17.3 Å². The molecule has 2 aromatic heterocycles. The van der Waals surface area contributed by atoms with Gasteiger partial charge in [-0.05, 0) is 61.8 Å². The summed E-state index contributed by atoms with van der Waals surface area (Å²) >= 11 is 0. The van der Waals surface area contributed by atoms with Crippen molar-refractivity contribution in [2.24, 2.45) is 24.3 Å². The van der Waals surface area contributed by atoms with Crippen molar-refractivity contribution < 1.29 is 18.9 Å². The van der Waals surface area contributed by atoms with Gasteiger partial charge in [-0.2, -0.15) is 0 Å². The number of hydrogen-bond acceptors (Lipinski definition) is 7. The molecule has 1 saturated heterocycles. The predicted octanol–water partition coefficient (Wildman–Crippen LogP) is 3.33. The van der Waals surface area contributed by atoms with Crippen molar-refractivity contribution in [3.63, 3.8) is 0 Å². The molecule has 4 aliphatic rings. The monoisotopic (exact) mass is 584 g/mol. The lowest BCUT2D eigenvalue weighted by molar-refractivity contribution is -0.199. The van der Waals surface area contributed by atoms with Gasteiger partial charge in [0, 0.05) is 38.3 Å². The minimum atomic E-state index is -0.891. The van der Waals surface area contributed by atoms with E-state index in [1.807, 2.05) is 36.0 Å². The molecule has 3 aliphatic carbocycles. The fourth-order valence-corrected chi connectivity index (χ4v) is 7.44. The standard InChI is InChI=1S/C32H41BN6O4/c1-31(2)22-17-25(31)32(3)26(18-22)42-33(43-32)27(12-8-11-21-9-6-5-7-10-21)38-29(40)23(19-28-36-15-16-39(28)4)37-30(41)24-20-34-13-14-35-24/h5-7,9-10,13-16,20,22-23,25-27H,8,11-12,17-19H2,1-4H3,(H,37,41)(H,38,40)/t22-,23-,25-,26+,27-,32-/m0/s1. The second-order valence-corrected chi connectivity index (χ2v) is 13.1. The number of nitrogens with zero attached hydrogens (tertiary/aromatic N) is 4. The molecule has 43 heavy (non-hydrogen) atoms. The third-order valence-electron chi connectivity index (χ3n) is 10.2. The van der Waals surface area contributed by atoms with Gasteiger partial charge in [0.05, 0.1) is 23.8 Å². The molecule has 226 valence electrons. The minimum absolute atomic E-state index is 0.00234. The van der Waals surface area contributed by atoms with E-state index >= 15 is 0 Å². The molecule has 0 unspecified atom stereocenters. The summed E-state index contributed by atoms with van der Waals surface area (Å²) in [7, 11) is 1.29. The molecule has 1 aliphatic heterocycles. The average Bonchev–Trinajstić information content (AvgIpc) is 3.58. The van der Waals surface area contributed by atoms with Crippen LogP contribution in [0.15, 0.2) is 61.3 Å². The Bertz CT molecular complexity index is 1440. The lowest BCUT2D eigenvalue weighted by Crippen LogP contribution is -2.65. The minimum Gasteiger partial charge on any atom is -0.404 e. The van der Waals surface area contributed by atoms with Crippen LogP contribution < -0.4 is 10.6 Å². The van der Waals surface area contributed by atoms with Crippen molar-refractivity contribution in [3.8, 4) is 0 Å². The Balaban J connectivity index is 1.21. The third kappa shape index (κ3) is 5.84. The summed E-state index contributed by atoms with van der Waals surface area (Å²) in [6.45, 7) is 6.86. The zero-order valence-corrected chi connectivity index (χ0v) is 25.4. The van der Waals surface area contributed by atoms with Crippen molar-refractivity contribution in [1.29, 1.82) is 0 Å². The first kappa shape index (κ1) is 29.5. The second kappa shape index (κ2) is 11.8. The van der Waals surface area contributed by atoms with E-state index in [-0.39, 0.29) is 29.5 Å². The molecule has 7 rings (SSSR count). The van der Waals surface area contributed by atoms with E-state index in [1.54, 1.807) is 6.20 Å². The summed E-state index contributed by atoms with van der Waals surface area (Å²) in [6, 6.07) is 9.44. The van der Waals surface area contributed by atoms with Gasteiger partial charge < -0.3 is 24.5 Å². The second-order valence-electron chi connectivity index (χ2n) is 13.1. The maximum atomic E-state index is 14.0. The molecule has 2 bridgehead atoms. The Morgan fingerprint density at radius 2 is 1.91 bits per heavy atom. The molecule has 11 heteroatoms. The van der Waals surface area contributed by atoms with Crippen molar-refractivity contribution in [3.05, 3.63) is 78.4 Å². The van der Waals surface area contributed by atoms with E-state index in [1.165, 1.54) is 24.2 Å². The Morgan fingerprint density at radius 1 is 1.09 bits per heavy atom. The number of rotatable bonds is 11. The number of benzene rings is 1. The molecular weight excluding hydrogens is 543 g/mol. The fraction of sp³-hybridized carbons (Fsp3) is 0.531. The number of amides is 2. The number of carbonyl (C=O) groups is 2. The van der Waals surface area contributed by atoms with Crippen molar-refractivity contribution in [2.45, 2.75) is 83.0 Å². The highest BCUT2D eigenvalue weighted by Gasteiger charge is 2.68. The molecule has 2 amide bonds. The van der Waals surface area contributed by atoms with Crippen molar-refractivity contribution in [2.75, 3.05) is 0 Å². The molecule has 0 spiro atoms. The molecule has 4 fully saturated rings. The number of hydrogen-bond donors (Lipinski definition) is 2. The van der Waals surface area contributed by atoms with Gasteiger partial charge in [-0.3, -0.25) is 14.6 Å². The first-order valence-electron chi connectivity index (χ1n) is 15.4. The Morgan fingerprint density at radius 3 is 2.60 bits per heavy atom. The Labute approximate surface area is 253 Å². The largest absolute Gasteiger partial charge is 0.481 e. The van der Waals surface area contributed by atoms with E-state index in [2.05, 4.69) is 58.5 Å². The molecule has 0 radical (unpaired) electrons. The molecular formula is C32H41BN6O4. The topological polar surface area (TPSA) is 120 Å². The molecule has 3 aromatic rings. The third-order valence-corrected chi connectivity index (χ3v) is 10.2. The van der Waals surface area contributed by atoms with Crippen LogP contribution in [0.4, 0.5) is 0 Å². The number of aromatic nitrogens is 4. The van der Waals surface area contributed by atoms with Gasteiger partial charge in [0.1, 0.15) is 17.6 Å². The van der Waals surface area contributed by atoms with Crippen LogP contribution in [0.1, 0.15) is 68.3 Å². The number of imidazole rings is 1. The smallest absolute Gasteiger partial charge is 0.404 e. The first-order chi connectivity index (χ1) is 20.6. The normalized spacial score (nSPS) is 26.6. The van der Waals surface area contributed by atoms with Crippen LogP contribution in [-0.2, 0) is 34.0 Å². The lowest BCUT2D eigenvalue weighted by Gasteiger charge is -2.64. The van der Waals surface area contributed by atoms with Gasteiger partial charge in [0.25, 0.3) is 5.91 Å². The molecule has 10 nitrogen and oxygen atoms in total. The van der Waals surface area contributed by atoms with Crippen LogP contribution in [-0.4, -0.2) is 62.1 Å². The van der Waals surface area contributed by atoms with Crippen LogP contribution in [0.25, 0.3) is 0 Å². The first-order valence-corrected chi connectivity index (χ1v) is 15.4. The van der Waals surface area contributed by atoms with E-state index in [4.69, 9.17) is 9.31 Å². The van der Waals surface area contributed by atoms with Crippen LogP contribution in [0.5, 0.6) is 0 Å². The molecule has 3 saturated carbocycles. The van der Waals surface area contributed by atoms with Gasteiger partial charge in [-0.15, -0.1) is 0 Å². The highest BCUT2D eigenvalue weighted by atomic mass is 16.7. The summed E-state index contributed by atoms with van der Waals surface area (Å²) < 4.78 is 15.3. The van der Waals surface area contributed by atoms with Crippen LogP contribution in [0.2, 0.25) is 0 Å². The summed E-state index contributed by atoms with van der Waals surface area (Å²) in [6.07, 6.45) is 12.5. The Hall–Kier alpha value is -3.57. The maximum Gasteiger partial charge on any atom is 0.481 e. The molecule has 3 heterocycles. The molecule has 1 aromatic carbocycles. The van der Waals surface area contributed by atoms with Crippen molar-refractivity contribution >= 4 is 18.9 Å². The SMILES string of the molecule is Cn1ccnc1C[C@H](NC(=O)c1cnccn1)C(=O)N[C@@H](CCCc1ccccc1)B1O[C@@H]2C[C@@H]3C[C@@H](C3(C)C)[C@]2(C)O1. The number of aryl methyl sites for hydroxylation is 2. The summed E-state index contributed by atoms with van der Waals surface area (Å²) in [4.78, 5) is 39.6. The van der Waals surface area contributed by atoms with Gasteiger partial charge in [-0.25, -0.2) is 9.97 Å². The van der Waals surface area contributed by atoms with Gasteiger partial charge in [0.2, 0.25) is 5.91 Å².